The molecule has 2 N–H and O–H groups in total. The third kappa shape index (κ3) is 3.32. The lowest BCUT2D eigenvalue weighted by Crippen LogP contribution is -2.41. The standard InChI is InChI=1S/C21H24ClN7O2S/c1-11-5-16-15(9-29(11)17-6-18(22)26-20-12(17)3-4-23-20)21(25-10-24-16)28-7-13-14(8-28)19(13)27-32(2,30)31/h3-4,6,10-11,13-14,19,27H,5,7-9H2,1-2H3,(H,23,26)/t11-,13?,14?,19?/m1/s1. The fourth-order valence-electron chi connectivity index (χ4n) is 5.44. The van der Waals surface area contributed by atoms with Gasteiger partial charge in [-0.15, -0.1) is 0 Å². The van der Waals surface area contributed by atoms with Gasteiger partial charge in [0, 0.05) is 55.3 Å². The summed E-state index contributed by atoms with van der Waals surface area (Å²) < 4.78 is 25.9. The molecule has 2 aliphatic heterocycles. The molecule has 11 heteroatoms. The molecule has 6 rings (SSSR count). The van der Waals surface area contributed by atoms with Crippen LogP contribution >= 0.6 is 11.6 Å². The van der Waals surface area contributed by atoms with Crippen LogP contribution in [-0.2, 0) is 23.0 Å². The molecule has 168 valence electrons. The van der Waals surface area contributed by atoms with Crippen LogP contribution in [0.15, 0.2) is 24.7 Å². The molecule has 32 heavy (non-hydrogen) atoms. The van der Waals surface area contributed by atoms with Gasteiger partial charge in [0.25, 0.3) is 0 Å². The number of halogens is 1. The zero-order valence-corrected chi connectivity index (χ0v) is 19.4. The molecule has 3 aliphatic rings. The van der Waals surface area contributed by atoms with Crippen LogP contribution in [0.3, 0.4) is 0 Å². The zero-order valence-electron chi connectivity index (χ0n) is 17.8. The predicted octanol–water partition coefficient (Wildman–Crippen LogP) is 1.94. The van der Waals surface area contributed by atoms with Crippen LogP contribution in [0.25, 0.3) is 11.0 Å². The summed E-state index contributed by atoms with van der Waals surface area (Å²) in [6.45, 7) is 4.49. The van der Waals surface area contributed by atoms with E-state index in [-0.39, 0.29) is 12.1 Å². The Labute approximate surface area is 191 Å². The topological polar surface area (TPSA) is 107 Å². The maximum atomic E-state index is 11.6. The molecule has 1 aliphatic carbocycles. The normalized spacial score (nSPS) is 27.0. The van der Waals surface area contributed by atoms with E-state index >= 15 is 0 Å². The Balaban J connectivity index is 1.30. The lowest BCUT2D eigenvalue weighted by molar-refractivity contribution is 0.571. The van der Waals surface area contributed by atoms with Crippen LogP contribution in [0.4, 0.5) is 11.5 Å². The van der Waals surface area contributed by atoms with Crippen molar-refractivity contribution < 1.29 is 8.42 Å². The van der Waals surface area contributed by atoms with E-state index in [0.717, 1.165) is 53.3 Å². The molecule has 5 heterocycles. The van der Waals surface area contributed by atoms with E-state index in [2.05, 4.69) is 41.4 Å². The Kier molecular flexibility index (Phi) is 4.44. The minimum atomic E-state index is -3.18. The molecule has 3 aromatic heterocycles. The van der Waals surface area contributed by atoms with Gasteiger partial charge in [0.05, 0.1) is 17.6 Å². The number of anilines is 2. The Bertz CT molecular complexity index is 1310. The molecule has 1 saturated heterocycles. The first-order valence-corrected chi connectivity index (χ1v) is 13.0. The van der Waals surface area contributed by atoms with Gasteiger partial charge in [-0.1, -0.05) is 11.6 Å². The first kappa shape index (κ1) is 20.2. The van der Waals surface area contributed by atoms with Gasteiger partial charge in [0.2, 0.25) is 10.0 Å². The van der Waals surface area contributed by atoms with E-state index in [0.29, 0.717) is 23.5 Å². The summed E-state index contributed by atoms with van der Waals surface area (Å²) in [6.07, 6.45) is 5.57. The van der Waals surface area contributed by atoms with Crippen molar-refractivity contribution in [2.45, 2.75) is 32.0 Å². The molecule has 1 saturated carbocycles. The van der Waals surface area contributed by atoms with Crippen molar-refractivity contribution in [3.63, 3.8) is 0 Å². The average molecular weight is 474 g/mol. The molecule has 0 amide bonds. The molecule has 0 radical (unpaired) electrons. The van der Waals surface area contributed by atoms with Crippen molar-refractivity contribution in [3.05, 3.63) is 41.1 Å². The number of hydrogen-bond acceptors (Lipinski definition) is 7. The number of hydrogen-bond donors (Lipinski definition) is 2. The quantitative estimate of drug-likeness (QED) is 0.557. The summed E-state index contributed by atoms with van der Waals surface area (Å²) in [5.41, 5.74) is 4.04. The third-order valence-electron chi connectivity index (χ3n) is 6.99. The van der Waals surface area contributed by atoms with Gasteiger partial charge in [0.1, 0.15) is 22.9 Å². The lowest BCUT2D eigenvalue weighted by Gasteiger charge is -2.38. The number of pyridine rings is 1. The zero-order chi connectivity index (χ0) is 22.2. The van der Waals surface area contributed by atoms with Crippen LogP contribution in [0.5, 0.6) is 0 Å². The number of aromatic nitrogens is 4. The molecule has 3 atom stereocenters. The summed E-state index contributed by atoms with van der Waals surface area (Å²) in [5.74, 6) is 1.64. The van der Waals surface area contributed by atoms with E-state index < -0.39 is 10.0 Å². The predicted molar refractivity (Wildman–Crippen MR) is 123 cm³/mol. The largest absolute Gasteiger partial charge is 0.363 e. The molecule has 0 aromatic carbocycles. The van der Waals surface area contributed by atoms with E-state index in [9.17, 15) is 8.42 Å². The van der Waals surface area contributed by atoms with E-state index in [4.69, 9.17) is 11.6 Å². The molecule has 0 bridgehead atoms. The maximum absolute atomic E-state index is 11.6. The van der Waals surface area contributed by atoms with Gasteiger partial charge >= 0.3 is 0 Å². The third-order valence-corrected chi connectivity index (χ3v) is 7.88. The second-order valence-corrected chi connectivity index (χ2v) is 11.3. The molecule has 3 aromatic rings. The van der Waals surface area contributed by atoms with Crippen molar-refractivity contribution in [1.82, 2.24) is 24.7 Å². The number of nitrogens with zero attached hydrogens (tertiary/aromatic N) is 5. The lowest BCUT2D eigenvalue weighted by atomic mass is 9.98. The highest BCUT2D eigenvalue weighted by atomic mass is 35.5. The van der Waals surface area contributed by atoms with E-state index in [1.165, 1.54) is 6.26 Å². The molecular weight excluding hydrogens is 450 g/mol. The molecule has 9 nitrogen and oxygen atoms in total. The number of sulfonamides is 1. The number of fused-ring (bicyclic) bond motifs is 3. The second-order valence-electron chi connectivity index (χ2n) is 9.16. The minimum Gasteiger partial charge on any atom is -0.363 e. The first-order chi connectivity index (χ1) is 15.3. The Morgan fingerprint density at radius 2 is 2.03 bits per heavy atom. The monoisotopic (exact) mass is 473 g/mol. The molecule has 2 unspecified atom stereocenters. The van der Waals surface area contributed by atoms with Gasteiger partial charge in [-0.25, -0.2) is 28.1 Å². The summed E-state index contributed by atoms with van der Waals surface area (Å²) in [5, 5.41) is 1.50. The summed E-state index contributed by atoms with van der Waals surface area (Å²) in [7, 11) is -3.18. The van der Waals surface area contributed by atoms with Crippen molar-refractivity contribution in [1.29, 1.82) is 0 Å². The maximum Gasteiger partial charge on any atom is 0.208 e. The van der Waals surface area contributed by atoms with Crippen molar-refractivity contribution in [3.8, 4) is 0 Å². The Morgan fingerprint density at radius 1 is 1.25 bits per heavy atom. The molecule has 2 fully saturated rings. The second kappa shape index (κ2) is 7.03. The van der Waals surface area contributed by atoms with Gasteiger partial charge in [-0.2, -0.15) is 0 Å². The fourth-order valence-corrected chi connectivity index (χ4v) is 6.47. The van der Waals surface area contributed by atoms with Crippen LogP contribution in [0, 0.1) is 11.8 Å². The minimum absolute atomic E-state index is 0.0521. The fraction of sp³-hybridized carbons (Fsp3) is 0.476. The van der Waals surface area contributed by atoms with Crippen molar-refractivity contribution in [2.75, 3.05) is 29.1 Å². The highest BCUT2D eigenvalue weighted by Crippen LogP contribution is 2.48. The smallest absolute Gasteiger partial charge is 0.208 e. The van der Waals surface area contributed by atoms with Crippen molar-refractivity contribution >= 4 is 44.2 Å². The Morgan fingerprint density at radius 3 is 2.78 bits per heavy atom. The first-order valence-electron chi connectivity index (χ1n) is 10.7. The number of H-pyrrole nitrogens is 1. The highest BCUT2D eigenvalue weighted by molar-refractivity contribution is 7.88. The van der Waals surface area contributed by atoms with Crippen LogP contribution < -0.4 is 14.5 Å². The van der Waals surface area contributed by atoms with Crippen molar-refractivity contribution in [2.24, 2.45) is 11.8 Å². The molecular formula is C21H24ClN7O2S. The Hall–Kier alpha value is -2.43. The van der Waals surface area contributed by atoms with Gasteiger partial charge in [-0.3, -0.25) is 0 Å². The van der Waals surface area contributed by atoms with Crippen LogP contribution in [-0.4, -0.2) is 59.8 Å². The molecule has 0 spiro atoms. The number of rotatable bonds is 4. The van der Waals surface area contributed by atoms with Gasteiger partial charge in [0.15, 0.2) is 0 Å². The van der Waals surface area contributed by atoms with Crippen LogP contribution in [0.1, 0.15) is 18.2 Å². The summed E-state index contributed by atoms with van der Waals surface area (Å²) >= 11 is 6.32. The van der Waals surface area contributed by atoms with E-state index in [1.807, 2.05) is 18.3 Å². The summed E-state index contributed by atoms with van der Waals surface area (Å²) in [4.78, 5) is 21.4. The number of nitrogens with one attached hydrogen (secondary N) is 2. The number of aromatic amines is 1. The number of piperidine rings is 1. The SMILES string of the molecule is C[C@@H]1Cc2ncnc(N3CC4C(C3)C4NS(C)(=O)=O)c2CN1c1cc(Cl)nc2[nH]ccc12. The summed E-state index contributed by atoms with van der Waals surface area (Å²) in [6, 6.07) is 4.25. The van der Waals surface area contributed by atoms with Gasteiger partial charge < -0.3 is 14.8 Å². The highest BCUT2D eigenvalue weighted by Gasteiger charge is 2.57. The van der Waals surface area contributed by atoms with E-state index in [1.54, 1.807) is 6.33 Å². The van der Waals surface area contributed by atoms with Crippen LogP contribution in [0.2, 0.25) is 5.15 Å². The average Bonchev–Trinajstić information content (AvgIpc) is 3.12. The van der Waals surface area contributed by atoms with Gasteiger partial charge in [-0.05, 0) is 30.9 Å².